The number of nitrogens with zero attached hydrogens (tertiary/aromatic N) is 4. The minimum absolute atomic E-state index is 0.0489. The van der Waals surface area contributed by atoms with E-state index in [1.54, 1.807) is 0 Å². The fraction of sp³-hybridized carbons (Fsp3) is 0.231. The van der Waals surface area contributed by atoms with Crippen LogP contribution in [0.25, 0.3) is 0 Å². The van der Waals surface area contributed by atoms with E-state index in [9.17, 15) is 4.39 Å². The second-order valence-electron chi connectivity index (χ2n) is 4.37. The maximum absolute atomic E-state index is 13.9. The average molecular weight is 279 g/mol. The van der Waals surface area contributed by atoms with Crippen molar-refractivity contribution >= 4 is 28.8 Å². The lowest BCUT2D eigenvalue weighted by Gasteiger charge is -2.36. The molecule has 0 amide bonds. The summed E-state index contributed by atoms with van der Waals surface area (Å²) in [4.78, 5) is 11.6. The minimum Gasteiger partial charge on any atom is -0.371 e. The van der Waals surface area contributed by atoms with E-state index in [1.807, 2.05) is 36.2 Å². The van der Waals surface area contributed by atoms with Gasteiger partial charge in [0.05, 0.1) is 17.6 Å². The molecule has 1 aromatic heterocycles. The van der Waals surface area contributed by atoms with Crippen molar-refractivity contribution in [1.82, 2.24) is 9.97 Å². The topological polar surface area (TPSA) is 32.3 Å². The van der Waals surface area contributed by atoms with Gasteiger partial charge in [0.1, 0.15) is 0 Å². The molecule has 1 aliphatic rings. The SMILES string of the molecule is CN1CCN(c2nc(Cl)ncc2F)c2ccccc21. The summed E-state index contributed by atoms with van der Waals surface area (Å²) in [5, 5.41) is 0.0489. The quantitative estimate of drug-likeness (QED) is 0.751. The molecule has 0 saturated carbocycles. The number of likely N-dealkylation sites (N-methyl/N-ethyl adjacent to an activating group) is 1. The van der Waals surface area contributed by atoms with E-state index >= 15 is 0 Å². The minimum atomic E-state index is -0.469. The van der Waals surface area contributed by atoms with Crippen molar-refractivity contribution in [1.29, 1.82) is 0 Å². The summed E-state index contributed by atoms with van der Waals surface area (Å²) in [6, 6.07) is 7.83. The molecule has 0 spiro atoms. The van der Waals surface area contributed by atoms with Gasteiger partial charge < -0.3 is 9.80 Å². The molecule has 3 rings (SSSR count). The first-order chi connectivity index (χ1) is 9.16. The molecular formula is C13H12ClFN4. The van der Waals surface area contributed by atoms with Crippen molar-refractivity contribution in [3.05, 3.63) is 41.6 Å². The average Bonchev–Trinajstić information content (AvgIpc) is 2.43. The summed E-state index contributed by atoms with van der Waals surface area (Å²) in [7, 11) is 2.01. The molecule has 1 aliphatic heterocycles. The molecule has 0 saturated heterocycles. The highest BCUT2D eigenvalue weighted by atomic mass is 35.5. The van der Waals surface area contributed by atoms with Crippen molar-refractivity contribution in [2.75, 3.05) is 29.9 Å². The van der Waals surface area contributed by atoms with E-state index in [4.69, 9.17) is 11.6 Å². The van der Waals surface area contributed by atoms with Crippen LogP contribution in [0.15, 0.2) is 30.5 Å². The van der Waals surface area contributed by atoms with Gasteiger partial charge in [-0.2, -0.15) is 4.98 Å². The molecule has 98 valence electrons. The third-order valence-electron chi connectivity index (χ3n) is 3.19. The highest BCUT2D eigenvalue weighted by Crippen LogP contribution is 2.36. The second-order valence-corrected chi connectivity index (χ2v) is 4.71. The Bertz CT molecular complexity index is 619. The van der Waals surface area contributed by atoms with Crippen LogP contribution in [0, 0.1) is 5.82 Å². The fourth-order valence-corrected chi connectivity index (χ4v) is 2.38. The normalized spacial score (nSPS) is 14.5. The summed E-state index contributed by atoms with van der Waals surface area (Å²) in [6.07, 6.45) is 1.10. The Kier molecular flexibility index (Phi) is 2.98. The first kappa shape index (κ1) is 12.2. The van der Waals surface area contributed by atoms with Crippen LogP contribution in [0.1, 0.15) is 0 Å². The fourth-order valence-electron chi connectivity index (χ4n) is 2.25. The molecular weight excluding hydrogens is 267 g/mol. The van der Waals surface area contributed by atoms with Crippen molar-refractivity contribution in [2.45, 2.75) is 0 Å². The lowest BCUT2D eigenvalue weighted by molar-refractivity contribution is 0.608. The van der Waals surface area contributed by atoms with Crippen LogP contribution in [0.2, 0.25) is 5.28 Å². The number of aromatic nitrogens is 2. The smallest absolute Gasteiger partial charge is 0.224 e. The molecule has 0 unspecified atom stereocenters. The van der Waals surface area contributed by atoms with Crippen LogP contribution in [-0.2, 0) is 0 Å². The summed E-state index contributed by atoms with van der Waals surface area (Å²) in [5.41, 5.74) is 1.97. The predicted molar refractivity (Wildman–Crippen MR) is 73.7 cm³/mol. The lowest BCUT2D eigenvalue weighted by Crippen LogP contribution is -2.37. The second kappa shape index (κ2) is 4.66. The third kappa shape index (κ3) is 2.10. The van der Waals surface area contributed by atoms with Gasteiger partial charge >= 0.3 is 0 Å². The van der Waals surface area contributed by atoms with Crippen molar-refractivity contribution < 1.29 is 4.39 Å². The lowest BCUT2D eigenvalue weighted by atomic mass is 10.1. The van der Waals surface area contributed by atoms with E-state index in [1.165, 1.54) is 0 Å². The van der Waals surface area contributed by atoms with Gasteiger partial charge in [-0.1, -0.05) is 12.1 Å². The maximum Gasteiger partial charge on any atom is 0.224 e. The molecule has 2 aromatic rings. The standard InChI is InChI=1S/C13H12ClFN4/c1-18-6-7-19(11-5-3-2-4-10(11)18)12-9(15)8-16-13(14)17-12/h2-5,8H,6-7H2,1H3. The van der Waals surface area contributed by atoms with Crippen LogP contribution in [-0.4, -0.2) is 30.1 Å². The summed E-state index contributed by atoms with van der Waals surface area (Å²) in [6.45, 7) is 1.44. The Labute approximate surface area is 115 Å². The van der Waals surface area contributed by atoms with Crippen LogP contribution in [0.4, 0.5) is 21.6 Å². The van der Waals surface area contributed by atoms with Gasteiger partial charge in [-0.15, -0.1) is 0 Å². The number of halogens is 2. The molecule has 0 radical (unpaired) electrons. The Morgan fingerprint density at radius 2 is 1.95 bits per heavy atom. The van der Waals surface area contributed by atoms with E-state index in [2.05, 4.69) is 14.9 Å². The summed E-state index contributed by atoms with van der Waals surface area (Å²) >= 11 is 5.77. The molecule has 0 fully saturated rings. The number of para-hydroxylation sites is 2. The van der Waals surface area contributed by atoms with Crippen LogP contribution in [0.3, 0.4) is 0 Å². The largest absolute Gasteiger partial charge is 0.371 e. The van der Waals surface area contributed by atoms with E-state index in [0.29, 0.717) is 6.54 Å². The molecule has 0 bridgehead atoms. The Hall–Kier alpha value is -1.88. The molecule has 1 aromatic carbocycles. The number of hydrogen-bond donors (Lipinski definition) is 0. The zero-order valence-electron chi connectivity index (χ0n) is 10.3. The summed E-state index contributed by atoms with van der Waals surface area (Å²) < 4.78 is 13.9. The third-order valence-corrected chi connectivity index (χ3v) is 3.38. The number of fused-ring (bicyclic) bond motifs is 1. The van der Waals surface area contributed by atoms with Crippen molar-refractivity contribution in [3.8, 4) is 0 Å². The van der Waals surface area contributed by atoms with Gasteiger partial charge in [0, 0.05) is 20.1 Å². The number of rotatable bonds is 1. The first-order valence-corrected chi connectivity index (χ1v) is 6.30. The molecule has 6 heteroatoms. The molecule has 19 heavy (non-hydrogen) atoms. The van der Waals surface area contributed by atoms with Gasteiger partial charge in [0.15, 0.2) is 11.6 Å². The van der Waals surface area contributed by atoms with Crippen molar-refractivity contribution in [3.63, 3.8) is 0 Å². The number of anilines is 3. The zero-order chi connectivity index (χ0) is 13.4. The predicted octanol–water partition coefficient (Wildman–Crippen LogP) is 2.86. The zero-order valence-corrected chi connectivity index (χ0v) is 11.1. The van der Waals surface area contributed by atoms with Gasteiger partial charge in [0.2, 0.25) is 5.28 Å². The number of benzene rings is 1. The van der Waals surface area contributed by atoms with Gasteiger partial charge in [-0.25, -0.2) is 9.37 Å². The maximum atomic E-state index is 13.9. The van der Waals surface area contributed by atoms with Crippen LogP contribution < -0.4 is 9.80 Å². The van der Waals surface area contributed by atoms with E-state index in [-0.39, 0.29) is 11.1 Å². The molecule has 0 N–H and O–H groups in total. The molecule has 0 aliphatic carbocycles. The highest BCUT2D eigenvalue weighted by molar-refractivity contribution is 6.28. The van der Waals surface area contributed by atoms with Crippen LogP contribution in [0.5, 0.6) is 0 Å². The van der Waals surface area contributed by atoms with Crippen LogP contribution >= 0.6 is 11.6 Å². The van der Waals surface area contributed by atoms with Crippen molar-refractivity contribution in [2.24, 2.45) is 0 Å². The monoisotopic (exact) mass is 278 g/mol. The Balaban J connectivity index is 2.12. The Morgan fingerprint density at radius 1 is 1.21 bits per heavy atom. The van der Waals surface area contributed by atoms with Gasteiger partial charge in [0.25, 0.3) is 0 Å². The highest BCUT2D eigenvalue weighted by Gasteiger charge is 2.24. The molecule has 0 atom stereocenters. The first-order valence-electron chi connectivity index (χ1n) is 5.92. The van der Waals surface area contributed by atoms with Gasteiger partial charge in [-0.05, 0) is 23.7 Å². The Morgan fingerprint density at radius 3 is 2.74 bits per heavy atom. The molecule has 4 nitrogen and oxygen atoms in total. The van der Waals surface area contributed by atoms with E-state index in [0.717, 1.165) is 24.1 Å². The van der Waals surface area contributed by atoms with E-state index < -0.39 is 5.82 Å². The van der Waals surface area contributed by atoms with Gasteiger partial charge in [-0.3, -0.25) is 0 Å². The summed E-state index contributed by atoms with van der Waals surface area (Å²) in [5.74, 6) is -0.246. The number of hydrogen-bond acceptors (Lipinski definition) is 4. The molecule has 2 heterocycles.